The number of ether oxygens (including phenoxy) is 1. The van der Waals surface area contributed by atoms with E-state index in [1.54, 1.807) is 36.4 Å². The van der Waals surface area contributed by atoms with E-state index in [1.807, 2.05) is 0 Å². The fourth-order valence-corrected chi connectivity index (χ4v) is 3.86. The number of nitrogens with one attached hydrogen (secondary N) is 1. The normalized spacial score (nSPS) is 14.2. The molecule has 7 heteroatoms. The molecular formula is C26H19F3N2O2. The third kappa shape index (κ3) is 4.14. The molecule has 0 radical (unpaired) electrons. The van der Waals surface area contributed by atoms with Gasteiger partial charge in [0.25, 0.3) is 5.91 Å². The number of nitrogens with zero attached hydrogens (tertiary/aromatic N) is 1. The average molecular weight is 448 g/mol. The van der Waals surface area contributed by atoms with Crippen LogP contribution in [-0.4, -0.2) is 10.9 Å². The molecule has 0 spiro atoms. The second kappa shape index (κ2) is 8.24. The van der Waals surface area contributed by atoms with E-state index in [2.05, 4.69) is 10.3 Å². The number of carbonyl (C=O) groups excluding carboxylic acids is 1. The standard InChI is InChI=1S/C26H19F3N2O2/c27-19-9-7-18(8-10-19)26(11-12-26)31-25(32)17-13-16-3-1-6-23(24(16)30-14-17)33-15-20-21(28)4-2-5-22(20)29/h1-10,13-14H,11-12,15H2,(H,31,32). The van der Waals surface area contributed by atoms with Crippen LogP contribution >= 0.6 is 0 Å². The van der Waals surface area contributed by atoms with Gasteiger partial charge in [0.15, 0.2) is 0 Å². The summed E-state index contributed by atoms with van der Waals surface area (Å²) in [5, 5.41) is 3.70. The van der Waals surface area contributed by atoms with Crippen LogP contribution in [0.3, 0.4) is 0 Å². The second-order valence-electron chi connectivity index (χ2n) is 8.08. The van der Waals surface area contributed by atoms with Crippen molar-refractivity contribution in [2.24, 2.45) is 0 Å². The maximum atomic E-state index is 13.9. The molecule has 0 aliphatic heterocycles. The van der Waals surface area contributed by atoms with Gasteiger partial charge in [0, 0.05) is 11.6 Å². The summed E-state index contributed by atoms with van der Waals surface area (Å²) in [6, 6.07) is 16.6. The number of carbonyl (C=O) groups is 1. The first-order valence-electron chi connectivity index (χ1n) is 10.5. The highest BCUT2D eigenvalue weighted by atomic mass is 19.1. The molecule has 3 aromatic carbocycles. The van der Waals surface area contributed by atoms with E-state index in [0.717, 1.165) is 18.4 Å². The maximum absolute atomic E-state index is 13.9. The van der Waals surface area contributed by atoms with Gasteiger partial charge in [-0.05, 0) is 54.8 Å². The lowest BCUT2D eigenvalue weighted by Gasteiger charge is -2.18. The van der Waals surface area contributed by atoms with Gasteiger partial charge in [-0.2, -0.15) is 0 Å². The lowest BCUT2D eigenvalue weighted by Crippen LogP contribution is -2.34. The van der Waals surface area contributed by atoms with Gasteiger partial charge in [0.1, 0.15) is 35.3 Å². The number of aromatic nitrogens is 1. The smallest absolute Gasteiger partial charge is 0.253 e. The summed E-state index contributed by atoms with van der Waals surface area (Å²) < 4.78 is 46.7. The third-order valence-electron chi connectivity index (χ3n) is 5.87. The lowest BCUT2D eigenvalue weighted by atomic mass is 10.0. The van der Waals surface area contributed by atoms with Crippen LogP contribution in [-0.2, 0) is 12.1 Å². The maximum Gasteiger partial charge on any atom is 0.253 e. The van der Waals surface area contributed by atoms with E-state index >= 15 is 0 Å². The molecule has 1 aromatic heterocycles. The number of hydrogen-bond acceptors (Lipinski definition) is 3. The van der Waals surface area contributed by atoms with Crippen LogP contribution in [0.25, 0.3) is 10.9 Å². The first kappa shape index (κ1) is 21.0. The predicted molar refractivity (Wildman–Crippen MR) is 117 cm³/mol. The Morgan fingerprint density at radius 2 is 1.67 bits per heavy atom. The van der Waals surface area contributed by atoms with Gasteiger partial charge in [-0.1, -0.05) is 30.3 Å². The van der Waals surface area contributed by atoms with E-state index in [0.29, 0.717) is 22.2 Å². The minimum atomic E-state index is -0.683. The van der Waals surface area contributed by atoms with Crippen LogP contribution in [0, 0.1) is 17.5 Å². The number of para-hydroxylation sites is 1. The van der Waals surface area contributed by atoms with Gasteiger partial charge in [-0.15, -0.1) is 0 Å². The quantitative estimate of drug-likeness (QED) is 0.415. The molecule has 0 bridgehead atoms. The average Bonchev–Trinajstić information content (AvgIpc) is 3.59. The summed E-state index contributed by atoms with van der Waals surface area (Å²) >= 11 is 0. The largest absolute Gasteiger partial charge is 0.486 e. The number of benzene rings is 3. The van der Waals surface area contributed by atoms with Crippen LogP contribution in [0.4, 0.5) is 13.2 Å². The second-order valence-corrected chi connectivity index (χ2v) is 8.08. The van der Waals surface area contributed by atoms with Crippen LogP contribution in [0.2, 0.25) is 0 Å². The van der Waals surface area contributed by atoms with E-state index in [9.17, 15) is 18.0 Å². The molecule has 1 fully saturated rings. The zero-order valence-electron chi connectivity index (χ0n) is 17.4. The highest BCUT2D eigenvalue weighted by Gasteiger charge is 2.45. The van der Waals surface area contributed by atoms with E-state index in [-0.39, 0.29) is 23.9 Å². The Morgan fingerprint density at radius 1 is 0.970 bits per heavy atom. The molecule has 5 rings (SSSR count). The van der Waals surface area contributed by atoms with Crippen LogP contribution in [0.5, 0.6) is 5.75 Å². The topological polar surface area (TPSA) is 51.2 Å². The molecule has 1 N–H and O–H groups in total. The molecule has 1 aliphatic rings. The molecule has 0 unspecified atom stereocenters. The number of halogens is 3. The van der Waals surface area contributed by atoms with E-state index in [4.69, 9.17) is 4.74 Å². The number of pyridine rings is 1. The highest BCUT2D eigenvalue weighted by Crippen LogP contribution is 2.45. The zero-order valence-corrected chi connectivity index (χ0v) is 17.4. The summed E-state index contributed by atoms with van der Waals surface area (Å²) in [5.41, 5.74) is 1.05. The molecule has 1 amide bonds. The van der Waals surface area contributed by atoms with Gasteiger partial charge in [-0.25, -0.2) is 13.2 Å². The van der Waals surface area contributed by atoms with Gasteiger partial charge >= 0.3 is 0 Å². The molecular weight excluding hydrogens is 429 g/mol. The minimum absolute atomic E-state index is 0.166. The SMILES string of the molecule is O=C(NC1(c2ccc(F)cc2)CC1)c1cnc2c(OCc3c(F)cccc3F)cccc2c1. The van der Waals surface area contributed by atoms with Crippen molar-refractivity contribution in [1.29, 1.82) is 0 Å². The van der Waals surface area contributed by atoms with Crippen molar-refractivity contribution in [1.82, 2.24) is 10.3 Å². The van der Waals surface area contributed by atoms with Gasteiger partial charge in [0.05, 0.1) is 16.7 Å². The molecule has 1 saturated carbocycles. The summed E-state index contributed by atoms with van der Waals surface area (Å²) in [5.74, 6) is -1.62. The monoisotopic (exact) mass is 448 g/mol. The number of hydrogen-bond donors (Lipinski definition) is 1. The van der Waals surface area contributed by atoms with Crippen molar-refractivity contribution >= 4 is 16.8 Å². The summed E-state index contributed by atoms with van der Waals surface area (Å²) in [7, 11) is 0. The first-order valence-corrected chi connectivity index (χ1v) is 10.5. The van der Waals surface area contributed by atoms with Crippen molar-refractivity contribution in [2.75, 3.05) is 0 Å². The Labute approximate surface area is 188 Å². The van der Waals surface area contributed by atoms with Gasteiger partial charge < -0.3 is 10.1 Å². The van der Waals surface area contributed by atoms with Crippen LogP contribution in [0.1, 0.15) is 34.3 Å². The fourth-order valence-electron chi connectivity index (χ4n) is 3.86. The highest BCUT2D eigenvalue weighted by molar-refractivity contribution is 5.98. The van der Waals surface area contributed by atoms with Crippen molar-refractivity contribution in [2.45, 2.75) is 25.0 Å². The van der Waals surface area contributed by atoms with Crippen LogP contribution < -0.4 is 10.1 Å². The first-order chi connectivity index (χ1) is 15.9. The summed E-state index contributed by atoms with van der Waals surface area (Å²) in [4.78, 5) is 17.3. The number of amides is 1. The molecule has 4 aromatic rings. The lowest BCUT2D eigenvalue weighted by molar-refractivity contribution is 0.0930. The van der Waals surface area contributed by atoms with E-state index < -0.39 is 17.2 Å². The van der Waals surface area contributed by atoms with Crippen molar-refractivity contribution in [3.63, 3.8) is 0 Å². The Bertz CT molecular complexity index is 1330. The fraction of sp³-hybridized carbons (Fsp3) is 0.154. The Balaban J connectivity index is 1.36. The Hall–Kier alpha value is -3.87. The molecule has 1 heterocycles. The van der Waals surface area contributed by atoms with Gasteiger partial charge in [0.2, 0.25) is 0 Å². The number of rotatable bonds is 6. The molecule has 0 atom stereocenters. The third-order valence-corrected chi connectivity index (χ3v) is 5.87. The van der Waals surface area contributed by atoms with Crippen molar-refractivity contribution in [3.8, 4) is 5.75 Å². The minimum Gasteiger partial charge on any atom is -0.486 e. The van der Waals surface area contributed by atoms with E-state index in [1.165, 1.54) is 36.5 Å². The molecule has 4 nitrogen and oxygen atoms in total. The van der Waals surface area contributed by atoms with Crippen LogP contribution in [0.15, 0.2) is 72.9 Å². The molecule has 0 saturated heterocycles. The molecule has 166 valence electrons. The Morgan fingerprint density at radius 3 is 2.36 bits per heavy atom. The molecule has 1 aliphatic carbocycles. The predicted octanol–water partition coefficient (Wildman–Crippen LogP) is 5.65. The van der Waals surface area contributed by atoms with Gasteiger partial charge in [-0.3, -0.25) is 9.78 Å². The summed E-state index contributed by atoms with van der Waals surface area (Å²) in [6.07, 6.45) is 2.99. The number of fused-ring (bicyclic) bond motifs is 1. The van der Waals surface area contributed by atoms with Crippen molar-refractivity contribution < 1.29 is 22.7 Å². The Kier molecular flexibility index (Phi) is 5.24. The van der Waals surface area contributed by atoms with Crippen molar-refractivity contribution in [3.05, 3.63) is 107 Å². The summed E-state index contributed by atoms with van der Waals surface area (Å²) in [6.45, 7) is -0.290. The zero-order chi connectivity index (χ0) is 23.0. The molecule has 33 heavy (non-hydrogen) atoms.